The van der Waals surface area contributed by atoms with Crippen molar-refractivity contribution in [3.63, 3.8) is 0 Å². The van der Waals surface area contributed by atoms with Crippen molar-refractivity contribution in [3.8, 4) is 0 Å². The monoisotopic (exact) mass is 500 g/mol. The zero-order valence-electron chi connectivity index (χ0n) is 18.1. The van der Waals surface area contributed by atoms with E-state index in [9.17, 15) is 9.59 Å². The highest BCUT2D eigenvalue weighted by atomic mass is 79.9. The number of hydrogen-bond donors (Lipinski definition) is 0. The fourth-order valence-corrected chi connectivity index (χ4v) is 5.43. The number of halogens is 1. The van der Waals surface area contributed by atoms with E-state index in [-0.39, 0.29) is 18.3 Å². The van der Waals surface area contributed by atoms with Gasteiger partial charge >= 0.3 is 5.97 Å². The van der Waals surface area contributed by atoms with E-state index in [0.717, 1.165) is 25.8 Å². The second-order valence-corrected chi connectivity index (χ2v) is 11.1. The molecule has 0 spiro atoms. The maximum Gasteiger partial charge on any atom is 0.307 e. The molecular formula is C24H25BrN2O3S. The summed E-state index contributed by atoms with van der Waals surface area (Å²) in [5, 5.41) is 0.623. The quantitative estimate of drug-likeness (QED) is 0.441. The molecular weight excluding hydrogens is 476 g/mol. The Morgan fingerprint density at radius 1 is 1.16 bits per heavy atom. The summed E-state index contributed by atoms with van der Waals surface area (Å²) in [7, 11) is 1.74. The first-order chi connectivity index (χ1) is 14.6. The zero-order chi connectivity index (χ0) is 22.4. The number of fused-ring (bicyclic) bond motifs is 2. The molecule has 0 fully saturated rings. The van der Waals surface area contributed by atoms with Crippen LogP contribution in [0.15, 0.2) is 46.9 Å². The highest BCUT2D eigenvalue weighted by Crippen LogP contribution is 2.43. The van der Waals surface area contributed by atoms with Crippen molar-refractivity contribution in [2.45, 2.75) is 45.6 Å². The molecule has 1 aromatic heterocycles. The van der Waals surface area contributed by atoms with Gasteiger partial charge in [-0.15, -0.1) is 0 Å². The fraction of sp³-hybridized carbons (Fsp3) is 0.375. The smallest absolute Gasteiger partial charge is 0.307 e. The number of nitrogens with zero attached hydrogens (tertiary/aromatic N) is 2. The molecule has 3 aromatic rings. The van der Waals surface area contributed by atoms with E-state index in [1.807, 2.05) is 63.2 Å². The second-order valence-electron chi connectivity index (χ2n) is 9.14. The molecule has 0 N–H and O–H groups in total. The molecule has 1 aliphatic rings. The van der Waals surface area contributed by atoms with Crippen molar-refractivity contribution in [1.29, 1.82) is 0 Å². The van der Waals surface area contributed by atoms with Gasteiger partial charge in [0.15, 0.2) is 5.13 Å². The molecule has 0 aliphatic heterocycles. The van der Waals surface area contributed by atoms with Crippen molar-refractivity contribution < 1.29 is 14.3 Å². The molecule has 1 amide bonds. The number of benzene rings is 2. The van der Waals surface area contributed by atoms with Crippen LogP contribution < -0.4 is 4.90 Å². The van der Waals surface area contributed by atoms with Crippen molar-refractivity contribution in [2.75, 3.05) is 11.9 Å². The summed E-state index contributed by atoms with van der Waals surface area (Å²) in [5.41, 5.74) is 1.59. The molecule has 162 valence electrons. The Labute approximate surface area is 194 Å². The molecule has 0 atom stereocenters. The highest BCUT2D eigenvalue weighted by Gasteiger charge is 2.48. The largest absolute Gasteiger partial charge is 0.460 e. The van der Waals surface area contributed by atoms with Gasteiger partial charge in [0.1, 0.15) is 5.60 Å². The second kappa shape index (κ2) is 8.02. The molecule has 0 saturated heterocycles. The summed E-state index contributed by atoms with van der Waals surface area (Å²) in [4.78, 5) is 32.9. The van der Waals surface area contributed by atoms with E-state index in [1.54, 1.807) is 11.9 Å². The lowest BCUT2D eigenvalue weighted by atomic mass is 9.80. The number of thiazole rings is 1. The molecule has 0 saturated carbocycles. The Balaban J connectivity index is 1.67. The van der Waals surface area contributed by atoms with Crippen LogP contribution in [0, 0.1) is 5.41 Å². The Hall–Kier alpha value is -2.25. The number of aromatic nitrogens is 1. The van der Waals surface area contributed by atoms with Crippen molar-refractivity contribution in [2.24, 2.45) is 5.41 Å². The van der Waals surface area contributed by atoms with Gasteiger partial charge in [-0.05, 0) is 62.9 Å². The average molecular weight is 501 g/mol. The first-order valence-corrected chi connectivity index (χ1v) is 11.8. The van der Waals surface area contributed by atoms with Gasteiger partial charge in [0.2, 0.25) is 5.91 Å². The number of rotatable bonds is 4. The van der Waals surface area contributed by atoms with E-state index in [4.69, 9.17) is 4.74 Å². The van der Waals surface area contributed by atoms with Crippen LogP contribution in [0.4, 0.5) is 5.13 Å². The summed E-state index contributed by atoms with van der Waals surface area (Å²) in [6.45, 7) is 5.52. The van der Waals surface area contributed by atoms with E-state index >= 15 is 0 Å². The number of esters is 1. The minimum absolute atomic E-state index is 0.0402. The molecule has 31 heavy (non-hydrogen) atoms. The molecule has 1 heterocycles. The molecule has 2 aromatic carbocycles. The van der Waals surface area contributed by atoms with Gasteiger partial charge in [0.05, 0.1) is 22.1 Å². The van der Waals surface area contributed by atoms with Crippen LogP contribution in [0.1, 0.15) is 38.3 Å². The Morgan fingerprint density at radius 2 is 1.81 bits per heavy atom. The minimum atomic E-state index is -0.876. The van der Waals surface area contributed by atoms with E-state index in [1.165, 1.54) is 11.3 Å². The number of anilines is 1. The van der Waals surface area contributed by atoms with Crippen LogP contribution in [-0.2, 0) is 27.2 Å². The number of carbonyl (C=O) groups excluding carboxylic acids is 2. The Bertz CT molecular complexity index is 1140. The van der Waals surface area contributed by atoms with Crippen LogP contribution in [-0.4, -0.2) is 29.5 Å². The topological polar surface area (TPSA) is 59.5 Å². The van der Waals surface area contributed by atoms with Gasteiger partial charge in [0, 0.05) is 11.5 Å². The summed E-state index contributed by atoms with van der Waals surface area (Å²) >= 11 is 4.94. The maximum absolute atomic E-state index is 13.9. The minimum Gasteiger partial charge on any atom is -0.460 e. The Morgan fingerprint density at radius 3 is 2.42 bits per heavy atom. The molecule has 7 heteroatoms. The average Bonchev–Trinajstić information content (AvgIpc) is 3.26. The first-order valence-electron chi connectivity index (χ1n) is 10.2. The summed E-state index contributed by atoms with van der Waals surface area (Å²) < 4.78 is 7.54. The molecule has 0 unspecified atom stereocenters. The summed E-state index contributed by atoms with van der Waals surface area (Å²) in [6, 6.07) is 13.9. The zero-order valence-corrected chi connectivity index (χ0v) is 20.5. The van der Waals surface area contributed by atoms with Crippen LogP contribution in [0.25, 0.3) is 10.2 Å². The van der Waals surface area contributed by atoms with Crippen molar-refractivity contribution in [3.05, 3.63) is 58.1 Å². The fourth-order valence-electron chi connectivity index (χ4n) is 4.17. The van der Waals surface area contributed by atoms with E-state index in [2.05, 4.69) is 20.9 Å². The molecule has 0 bridgehead atoms. The molecule has 0 radical (unpaired) electrons. The lowest BCUT2D eigenvalue weighted by Crippen LogP contribution is -2.45. The SMILES string of the molecule is CN(C(=O)C1(CC(=O)OC(C)(C)C)Cc2ccccc2C1)c1nc2cc(Br)ccc2s1. The standard InChI is InChI=1S/C24H25BrN2O3S/c1-23(2,3)30-20(28)14-24(12-15-7-5-6-8-16(15)13-24)21(29)27(4)22-26-18-11-17(25)9-10-19(18)31-22/h5-11H,12-14H2,1-4H3. The van der Waals surface area contributed by atoms with Gasteiger partial charge in [-0.1, -0.05) is 51.5 Å². The first kappa shape index (κ1) is 22.0. The van der Waals surface area contributed by atoms with Crippen LogP contribution in [0.2, 0.25) is 0 Å². The van der Waals surface area contributed by atoms with Crippen molar-refractivity contribution in [1.82, 2.24) is 4.98 Å². The van der Waals surface area contributed by atoms with Gasteiger partial charge < -0.3 is 4.74 Å². The number of amides is 1. The Kier molecular flexibility index (Phi) is 5.68. The van der Waals surface area contributed by atoms with Gasteiger partial charge in [-0.2, -0.15) is 0 Å². The lowest BCUT2D eigenvalue weighted by Gasteiger charge is -2.31. The third kappa shape index (κ3) is 4.53. The van der Waals surface area contributed by atoms with Crippen molar-refractivity contribution >= 4 is 54.5 Å². The highest BCUT2D eigenvalue weighted by molar-refractivity contribution is 9.10. The predicted octanol–water partition coefficient (Wildman–Crippen LogP) is 5.54. The van der Waals surface area contributed by atoms with Crippen LogP contribution in [0.5, 0.6) is 0 Å². The summed E-state index contributed by atoms with van der Waals surface area (Å²) in [6.07, 6.45) is 1.07. The number of carbonyl (C=O) groups is 2. The normalized spacial score (nSPS) is 15.0. The lowest BCUT2D eigenvalue weighted by molar-refractivity contribution is -0.159. The van der Waals surface area contributed by atoms with Gasteiger partial charge in [0.25, 0.3) is 0 Å². The van der Waals surface area contributed by atoms with Crippen LogP contribution >= 0.6 is 27.3 Å². The molecule has 5 nitrogen and oxygen atoms in total. The number of ether oxygens (including phenoxy) is 1. The maximum atomic E-state index is 13.9. The third-order valence-corrected chi connectivity index (χ3v) is 7.07. The predicted molar refractivity (Wildman–Crippen MR) is 127 cm³/mol. The van der Waals surface area contributed by atoms with E-state index in [0.29, 0.717) is 18.0 Å². The van der Waals surface area contributed by atoms with Crippen LogP contribution in [0.3, 0.4) is 0 Å². The molecule has 1 aliphatic carbocycles. The third-order valence-electron chi connectivity index (χ3n) is 5.46. The van der Waals surface area contributed by atoms with Gasteiger partial charge in [-0.3, -0.25) is 14.5 Å². The van der Waals surface area contributed by atoms with E-state index < -0.39 is 11.0 Å². The summed E-state index contributed by atoms with van der Waals surface area (Å²) in [5.74, 6) is -0.456. The molecule has 4 rings (SSSR count). The number of hydrogen-bond acceptors (Lipinski definition) is 5. The van der Waals surface area contributed by atoms with Gasteiger partial charge in [-0.25, -0.2) is 4.98 Å².